The van der Waals surface area contributed by atoms with Gasteiger partial charge < -0.3 is 20.1 Å². The Bertz CT molecular complexity index is 488. The first-order valence-electron chi connectivity index (χ1n) is 7.10. The van der Waals surface area contributed by atoms with Crippen LogP contribution in [0.4, 0.5) is 4.39 Å². The number of piperidine rings is 1. The summed E-state index contributed by atoms with van der Waals surface area (Å²) in [4.78, 5) is 14.2. The SMILES string of the molecule is COC1CCN(C(=O)c2cc(F)ccc2OCCN)CC1. The highest BCUT2D eigenvalue weighted by Crippen LogP contribution is 2.23. The molecule has 1 aromatic carbocycles. The molecule has 1 saturated heterocycles. The van der Waals surface area contributed by atoms with E-state index in [4.69, 9.17) is 15.2 Å². The van der Waals surface area contributed by atoms with Crippen LogP contribution in [0.2, 0.25) is 0 Å². The second-order valence-corrected chi connectivity index (χ2v) is 5.00. The fourth-order valence-electron chi connectivity index (χ4n) is 2.43. The Labute approximate surface area is 123 Å². The minimum Gasteiger partial charge on any atom is -0.491 e. The number of benzene rings is 1. The molecule has 0 aromatic heterocycles. The highest BCUT2D eigenvalue weighted by Gasteiger charge is 2.25. The van der Waals surface area contributed by atoms with Gasteiger partial charge in [0.15, 0.2) is 0 Å². The molecule has 0 spiro atoms. The van der Waals surface area contributed by atoms with E-state index in [0.29, 0.717) is 25.4 Å². The second kappa shape index (κ2) is 7.38. The van der Waals surface area contributed by atoms with E-state index in [1.54, 1.807) is 12.0 Å². The minimum absolute atomic E-state index is 0.189. The first-order chi connectivity index (χ1) is 10.2. The number of nitrogens with zero attached hydrogens (tertiary/aromatic N) is 1. The van der Waals surface area contributed by atoms with Crippen LogP contribution < -0.4 is 10.5 Å². The molecule has 1 aliphatic rings. The zero-order valence-corrected chi connectivity index (χ0v) is 12.2. The predicted octanol–water partition coefficient (Wildman–Crippen LogP) is 1.41. The molecule has 2 rings (SSSR count). The molecule has 0 aliphatic carbocycles. The van der Waals surface area contributed by atoms with Crippen molar-refractivity contribution in [3.63, 3.8) is 0 Å². The number of halogens is 1. The summed E-state index contributed by atoms with van der Waals surface area (Å²) in [7, 11) is 1.67. The third kappa shape index (κ3) is 3.92. The normalized spacial score (nSPS) is 16.0. The van der Waals surface area contributed by atoms with Crippen molar-refractivity contribution >= 4 is 5.91 Å². The molecule has 1 aromatic rings. The third-order valence-electron chi connectivity index (χ3n) is 3.61. The van der Waals surface area contributed by atoms with Crippen LogP contribution in [0, 0.1) is 5.82 Å². The fraction of sp³-hybridized carbons (Fsp3) is 0.533. The summed E-state index contributed by atoms with van der Waals surface area (Å²) < 4.78 is 24.2. The summed E-state index contributed by atoms with van der Waals surface area (Å²) in [5.41, 5.74) is 5.65. The fourth-order valence-corrected chi connectivity index (χ4v) is 2.43. The van der Waals surface area contributed by atoms with Crippen LogP contribution in [0.15, 0.2) is 18.2 Å². The Morgan fingerprint density at radius 1 is 1.43 bits per heavy atom. The van der Waals surface area contributed by atoms with Gasteiger partial charge in [-0.05, 0) is 31.0 Å². The van der Waals surface area contributed by atoms with E-state index in [0.717, 1.165) is 12.8 Å². The summed E-state index contributed by atoms with van der Waals surface area (Å²) in [6.45, 7) is 1.83. The number of amides is 1. The number of ether oxygens (including phenoxy) is 2. The second-order valence-electron chi connectivity index (χ2n) is 5.00. The van der Waals surface area contributed by atoms with Gasteiger partial charge in [-0.1, -0.05) is 0 Å². The number of hydrogen-bond acceptors (Lipinski definition) is 4. The van der Waals surface area contributed by atoms with Crippen molar-refractivity contribution < 1.29 is 18.7 Å². The minimum atomic E-state index is -0.453. The molecule has 5 nitrogen and oxygen atoms in total. The maximum Gasteiger partial charge on any atom is 0.257 e. The standard InChI is InChI=1S/C15H21FN2O3/c1-20-12-4-7-18(8-5-12)15(19)13-10-11(16)2-3-14(13)21-9-6-17/h2-3,10,12H,4-9,17H2,1H3. The molecule has 0 atom stereocenters. The Morgan fingerprint density at radius 3 is 2.76 bits per heavy atom. The molecule has 1 fully saturated rings. The largest absolute Gasteiger partial charge is 0.491 e. The van der Waals surface area contributed by atoms with Gasteiger partial charge in [0.25, 0.3) is 5.91 Å². The van der Waals surface area contributed by atoms with Crippen molar-refractivity contribution in [1.29, 1.82) is 0 Å². The monoisotopic (exact) mass is 296 g/mol. The molecule has 2 N–H and O–H groups in total. The van der Waals surface area contributed by atoms with Crippen molar-refractivity contribution in [2.45, 2.75) is 18.9 Å². The molecule has 0 radical (unpaired) electrons. The Balaban J connectivity index is 2.12. The summed E-state index contributed by atoms with van der Waals surface area (Å²) in [5.74, 6) is -0.290. The number of likely N-dealkylation sites (tertiary alicyclic amines) is 1. The molecular formula is C15H21FN2O3. The van der Waals surface area contributed by atoms with Crippen LogP contribution in [-0.4, -0.2) is 50.3 Å². The Hall–Kier alpha value is -1.66. The first kappa shape index (κ1) is 15.7. The molecule has 1 heterocycles. The molecule has 0 unspecified atom stereocenters. The van der Waals surface area contributed by atoms with Crippen molar-refractivity contribution in [3.05, 3.63) is 29.6 Å². The number of rotatable bonds is 5. The van der Waals surface area contributed by atoms with Crippen LogP contribution in [0.5, 0.6) is 5.75 Å². The van der Waals surface area contributed by atoms with Crippen molar-refractivity contribution in [1.82, 2.24) is 4.90 Å². The molecule has 0 bridgehead atoms. The van der Waals surface area contributed by atoms with Crippen molar-refractivity contribution in [2.24, 2.45) is 5.73 Å². The van der Waals surface area contributed by atoms with Crippen LogP contribution in [0.3, 0.4) is 0 Å². The third-order valence-corrected chi connectivity index (χ3v) is 3.61. The van der Waals surface area contributed by atoms with Crippen LogP contribution in [-0.2, 0) is 4.74 Å². The smallest absolute Gasteiger partial charge is 0.257 e. The summed E-state index contributed by atoms with van der Waals surface area (Å²) in [6.07, 6.45) is 1.77. The number of carbonyl (C=O) groups is 1. The zero-order chi connectivity index (χ0) is 15.2. The average molecular weight is 296 g/mol. The van der Waals surface area contributed by atoms with Gasteiger partial charge in [0.2, 0.25) is 0 Å². The van der Waals surface area contributed by atoms with Gasteiger partial charge in [-0.15, -0.1) is 0 Å². The van der Waals surface area contributed by atoms with Crippen molar-refractivity contribution in [3.8, 4) is 5.75 Å². The number of hydrogen-bond donors (Lipinski definition) is 1. The highest BCUT2D eigenvalue weighted by molar-refractivity contribution is 5.97. The summed E-state index contributed by atoms with van der Waals surface area (Å²) in [6, 6.07) is 3.97. The summed E-state index contributed by atoms with van der Waals surface area (Å²) >= 11 is 0. The van der Waals surface area contributed by atoms with E-state index in [9.17, 15) is 9.18 Å². The lowest BCUT2D eigenvalue weighted by Gasteiger charge is -2.31. The number of methoxy groups -OCH3 is 1. The summed E-state index contributed by atoms with van der Waals surface area (Å²) in [5, 5.41) is 0. The maximum atomic E-state index is 13.4. The quantitative estimate of drug-likeness (QED) is 0.892. The molecule has 6 heteroatoms. The molecule has 1 aliphatic heterocycles. The van der Waals surface area contributed by atoms with E-state index in [-0.39, 0.29) is 24.2 Å². The Morgan fingerprint density at radius 2 is 2.14 bits per heavy atom. The van der Waals surface area contributed by atoms with Gasteiger partial charge in [0.1, 0.15) is 18.2 Å². The average Bonchev–Trinajstić information content (AvgIpc) is 2.53. The topological polar surface area (TPSA) is 64.8 Å². The number of nitrogens with two attached hydrogens (primary N) is 1. The van der Waals surface area contributed by atoms with E-state index in [1.807, 2.05) is 0 Å². The molecule has 21 heavy (non-hydrogen) atoms. The van der Waals surface area contributed by atoms with Gasteiger partial charge >= 0.3 is 0 Å². The van der Waals surface area contributed by atoms with Crippen molar-refractivity contribution in [2.75, 3.05) is 33.4 Å². The zero-order valence-electron chi connectivity index (χ0n) is 12.2. The maximum absolute atomic E-state index is 13.4. The lowest BCUT2D eigenvalue weighted by Crippen LogP contribution is -2.40. The lowest BCUT2D eigenvalue weighted by atomic mass is 10.1. The van der Waals surface area contributed by atoms with E-state index in [2.05, 4.69) is 0 Å². The predicted molar refractivity (Wildman–Crippen MR) is 76.9 cm³/mol. The van der Waals surface area contributed by atoms with Crippen LogP contribution in [0.1, 0.15) is 23.2 Å². The molecule has 0 saturated carbocycles. The van der Waals surface area contributed by atoms with Gasteiger partial charge in [-0.2, -0.15) is 0 Å². The number of carbonyl (C=O) groups excluding carboxylic acids is 1. The molecular weight excluding hydrogens is 275 g/mol. The van der Waals surface area contributed by atoms with E-state index >= 15 is 0 Å². The lowest BCUT2D eigenvalue weighted by molar-refractivity contribution is 0.0348. The first-order valence-corrected chi connectivity index (χ1v) is 7.10. The molecule has 116 valence electrons. The molecule has 1 amide bonds. The van der Waals surface area contributed by atoms with Crippen LogP contribution >= 0.6 is 0 Å². The highest BCUT2D eigenvalue weighted by atomic mass is 19.1. The van der Waals surface area contributed by atoms with Gasteiger partial charge in [-0.3, -0.25) is 4.79 Å². The van der Waals surface area contributed by atoms with Gasteiger partial charge in [0, 0.05) is 26.7 Å². The van der Waals surface area contributed by atoms with E-state index in [1.165, 1.54) is 18.2 Å². The van der Waals surface area contributed by atoms with Gasteiger partial charge in [0.05, 0.1) is 11.7 Å². The Kier molecular flexibility index (Phi) is 5.52. The van der Waals surface area contributed by atoms with Crippen LogP contribution in [0.25, 0.3) is 0 Å². The van der Waals surface area contributed by atoms with E-state index < -0.39 is 5.82 Å². The van der Waals surface area contributed by atoms with Gasteiger partial charge in [-0.25, -0.2) is 4.39 Å².